The minimum absolute atomic E-state index is 0.0532. The predicted molar refractivity (Wildman–Crippen MR) is 128 cm³/mol. The number of hydrogen-bond donors (Lipinski definition) is 2. The van der Waals surface area contributed by atoms with Crippen molar-refractivity contribution < 1.29 is 24.2 Å². The molecule has 174 valence electrons. The predicted octanol–water partition coefficient (Wildman–Crippen LogP) is 4.40. The van der Waals surface area contributed by atoms with Crippen molar-refractivity contribution >= 4 is 11.9 Å². The molecule has 6 nitrogen and oxygen atoms in total. The van der Waals surface area contributed by atoms with E-state index >= 15 is 0 Å². The van der Waals surface area contributed by atoms with E-state index in [1.54, 1.807) is 19.1 Å². The highest BCUT2D eigenvalue weighted by molar-refractivity contribution is 5.93. The normalized spacial score (nSPS) is 15.9. The van der Waals surface area contributed by atoms with Crippen LogP contribution < -0.4 is 5.32 Å². The van der Waals surface area contributed by atoms with Gasteiger partial charge in [0.05, 0.1) is 6.04 Å². The molecule has 3 aromatic carbocycles. The summed E-state index contributed by atoms with van der Waals surface area (Å²) in [5.74, 6) is -2.83. The highest BCUT2D eigenvalue weighted by Crippen LogP contribution is 2.35. The first-order chi connectivity index (χ1) is 16.5. The van der Waals surface area contributed by atoms with Crippen molar-refractivity contribution in [3.05, 3.63) is 114 Å². The molecule has 6 heteroatoms. The van der Waals surface area contributed by atoms with Crippen LogP contribution in [0.2, 0.25) is 0 Å². The fourth-order valence-electron chi connectivity index (χ4n) is 4.24. The fourth-order valence-corrected chi connectivity index (χ4v) is 4.24. The zero-order chi connectivity index (χ0) is 24.0. The number of rotatable bonds is 8. The second kappa shape index (κ2) is 10.4. The lowest BCUT2D eigenvalue weighted by molar-refractivity contribution is -0.236. The number of nitrogens with one attached hydrogen (secondary N) is 1. The molecule has 0 saturated carbocycles. The smallest absolute Gasteiger partial charge is 0.334 e. The van der Waals surface area contributed by atoms with Gasteiger partial charge in [0.25, 0.3) is 5.79 Å². The Kier molecular flexibility index (Phi) is 7.09. The maximum absolute atomic E-state index is 12.3. The number of cyclic esters (lactones) is 2. The van der Waals surface area contributed by atoms with Crippen molar-refractivity contribution in [2.45, 2.75) is 31.1 Å². The number of carbonyl (C=O) groups excluding carboxylic acids is 2. The molecule has 1 heterocycles. The third kappa shape index (κ3) is 5.18. The minimum Gasteiger partial charge on any atom is -0.508 e. The second-order valence-electron chi connectivity index (χ2n) is 8.23. The van der Waals surface area contributed by atoms with Crippen LogP contribution in [0.4, 0.5) is 0 Å². The van der Waals surface area contributed by atoms with Crippen molar-refractivity contribution in [1.82, 2.24) is 5.32 Å². The van der Waals surface area contributed by atoms with Gasteiger partial charge in [0.2, 0.25) is 0 Å². The third-order valence-electron chi connectivity index (χ3n) is 5.99. The summed E-state index contributed by atoms with van der Waals surface area (Å²) in [7, 11) is 0. The maximum Gasteiger partial charge on any atom is 0.334 e. The van der Waals surface area contributed by atoms with Gasteiger partial charge in [0.15, 0.2) is 0 Å². The molecule has 0 saturated heterocycles. The van der Waals surface area contributed by atoms with Gasteiger partial charge in [0, 0.05) is 23.6 Å². The van der Waals surface area contributed by atoms with Crippen LogP contribution in [0.1, 0.15) is 36.0 Å². The Balaban J connectivity index is 1.57. The summed E-state index contributed by atoms with van der Waals surface area (Å²) in [4.78, 5) is 24.6. The number of ether oxygens (including phenoxy) is 2. The summed E-state index contributed by atoms with van der Waals surface area (Å²) in [6.45, 7) is 2.37. The molecule has 4 rings (SSSR count). The molecule has 1 unspecified atom stereocenters. The van der Waals surface area contributed by atoms with Crippen LogP contribution in [0.25, 0.3) is 0 Å². The molecule has 1 atom stereocenters. The van der Waals surface area contributed by atoms with Gasteiger partial charge in [-0.2, -0.15) is 0 Å². The zero-order valence-electron chi connectivity index (χ0n) is 18.9. The first-order valence-corrected chi connectivity index (χ1v) is 11.2. The molecule has 0 fully saturated rings. The largest absolute Gasteiger partial charge is 0.508 e. The summed E-state index contributed by atoms with van der Waals surface area (Å²) in [6, 6.07) is 26.1. The zero-order valence-corrected chi connectivity index (χ0v) is 18.9. The van der Waals surface area contributed by atoms with Crippen LogP contribution >= 0.6 is 0 Å². The summed E-state index contributed by atoms with van der Waals surface area (Å²) in [5, 5.41) is 13.1. The SMILES string of the molecule is CC(NCCC(c1ccccc1)c1ccccc1)C1(c2ccc(O)cc2)OC(=O)C=CC(=O)O1. The standard InChI is InChI=1S/C28H27NO5/c1-20(28(23-12-14-24(30)15-13-23)33-26(31)16-17-27(32)34-28)29-19-18-25(21-8-4-2-5-9-21)22-10-6-3-7-11-22/h2-17,20,25,29-30H,18-19H2,1H3. The Labute approximate surface area is 198 Å². The summed E-state index contributed by atoms with van der Waals surface area (Å²) in [6.07, 6.45) is 2.88. The van der Waals surface area contributed by atoms with Gasteiger partial charge >= 0.3 is 11.9 Å². The van der Waals surface area contributed by atoms with Crippen LogP contribution in [0.15, 0.2) is 97.1 Å². The van der Waals surface area contributed by atoms with Crippen LogP contribution in [0, 0.1) is 0 Å². The van der Waals surface area contributed by atoms with E-state index in [2.05, 4.69) is 29.6 Å². The highest BCUT2D eigenvalue weighted by Gasteiger charge is 2.47. The highest BCUT2D eigenvalue weighted by atomic mass is 16.7. The molecule has 0 radical (unpaired) electrons. The fraction of sp³-hybridized carbons (Fsp3) is 0.214. The van der Waals surface area contributed by atoms with Crippen molar-refractivity contribution in [3.63, 3.8) is 0 Å². The van der Waals surface area contributed by atoms with Gasteiger partial charge in [-0.1, -0.05) is 60.7 Å². The summed E-state index contributed by atoms with van der Waals surface area (Å²) >= 11 is 0. The second-order valence-corrected chi connectivity index (χ2v) is 8.23. The average molecular weight is 458 g/mol. The number of esters is 2. The monoisotopic (exact) mass is 457 g/mol. The number of benzene rings is 3. The van der Waals surface area contributed by atoms with Crippen LogP contribution in [-0.2, 0) is 24.8 Å². The lowest BCUT2D eigenvalue weighted by Gasteiger charge is -2.37. The van der Waals surface area contributed by atoms with Crippen LogP contribution in [0.5, 0.6) is 5.75 Å². The molecule has 0 aromatic heterocycles. The first-order valence-electron chi connectivity index (χ1n) is 11.2. The Bertz CT molecular complexity index is 1080. The molecular weight excluding hydrogens is 430 g/mol. The number of phenols is 1. The number of carbonyl (C=O) groups is 2. The van der Waals surface area contributed by atoms with Crippen molar-refractivity contribution in [2.75, 3.05) is 6.54 Å². The third-order valence-corrected chi connectivity index (χ3v) is 5.99. The molecule has 3 aromatic rings. The van der Waals surface area contributed by atoms with E-state index in [-0.39, 0.29) is 11.7 Å². The molecule has 2 N–H and O–H groups in total. The molecule has 0 amide bonds. The molecule has 0 aliphatic carbocycles. The number of phenolic OH excluding ortho intramolecular Hbond substituents is 1. The molecule has 0 spiro atoms. The van der Waals surface area contributed by atoms with Crippen LogP contribution in [0.3, 0.4) is 0 Å². The van der Waals surface area contributed by atoms with E-state index in [9.17, 15) is 14.7 Å². The molecule has 34 heavy (non-hydrogen) atoms. The summed E-state index contributed by atoms with van der Waals surface area (Å²) < 4.78 is 11.3. The summed E-state index contributed by atoms with van der Waals surface area (Å²) in [5.41, 5.74) is 2.85. The molecule has 1 aliphatic heterocycles. The van der Waals surface area contributed by atoms with Crippen molar-refractivity contribution in [2.24, 2.45) is 0 Å². The van der Waals surface area contributed by atoms with E-state index in [4.69, 9.17) is 9.47 Å². The Morgan fingerprint density at radius 1 is 0.794 bits per heavy atom. The lowest BCUT2D eigenvalue weighted by Crippen LogP contribution is -2.52. The molecule has 1 aliphatic rings. The first kappa shape index (κ1) is 23.3. The van der Waals surface area contributed by atoms with Gasteiger partial charge < -0.3 is 19.9 Å². The number of hydrogen-bond acceptors (Lipinski definition) is 6. The van der Waals surface area contributed by atoms with E-state index in [1.165, 1.54) is 23.3 Å². The number of aromatic hydroxyl groups is 1. The Morgan fingerprint density at radius 2 is 1.29 bits per heavy atom. The van der Waals surface area contributed by atoms with Crippen LogP contribution in [-0.4, -0.2) is 29.6 Å². The van der Waals surface area contributed by atoms with Crippen molar-refractivity contribution in [1.29, 1.82) is 0 Å². The van der Waals surface area contributed by atoms with Gasteiger partial charge in [0.1, 0.15) is 5.75 Å². The van der Waals surface area contributed by atoms with Gasteiger partial charge in [-0.25, -0.2) is 9.59 Å². The maximum atomic E-state index is 12.3. The van der Waals surface area contributed by atoms with Gasteiger partial charge in [-0.15, -0.1) is 0 Å². The lowest BCUT2D eigenvalue weighted by atomic mass is 9.88. The van der Waals surface area contributed by atoms with Gasteiger partial charge in [-0.3, -0.25) is 0 Å². The Hall–Kier alpha value is -3.90. The Morgan fingerprint density at radius 3 is 1.79 bits per heavy atom. The van der Waals surface area contributed by atoms with E-state index < -0.39 is 23.8 Å². The molecular formula is C28H27NO5. The minimum atomic E-state index is -1.68. The van der Waals surface area contributed by atoms with E-state index in [0.29, 0.717) is 12.1 Å². The average Bonchev–Trinajstić information content (AvgIpc) is 3.01. The van der Waals surface area contributed by atoms with E-state index in [0.717, 1.165) is 18.6 Å². The van der Waals surface area contributed by atoms with Gasteiger partial charge in [-0.05, 0) is 55.3 Å². The quantitative estimate of drug-likeness (QED) is 0.488. The topological polar surface area (TPSA) is 84.9 Å². The molecule has 0 bridgehead atoms. The van der Waals surface area contributed by atoms with E-state index in [1.807, 2.05) is 36.4 Å². The van der Waals surface area contributed by atoms with Crippen molar-refractivity contribution in [3.8, 4) is 5.75 Å².